The summed E-state index contributed by atoms with van der Waals surface area (Å²) in [5, 5.41) is 12.1. The number of carbonyl (C=O) groups excluding carboxylic acids is 1. The van der Waals surface area contributed by atoms with E-state index in [1.165, 1.54) is 6.42 Å². The summed E-state index contributed by atoms with van der Waals surface area (Å²) < 4.78 is 0. The molecule has 1 unspecified atom stereocenters. The lowest BCUT2D eigenvalue weighted by Crippen LogP contribution is -2.42. The van der Waals surface area contributed by atoms with Crippen LogP contribution < -0.4 is 5.32 Å². The van der Waals surface area contributed by atoms with E-state index < -0.39 is 17.8 Å². The first-order valence-corrected chi connectivity index (χ1v) is 7.24. The number of nitrogens with one attached hydrogen (secondary N) is 1. The molecule has 1 amide bonds. The number of hydrogen-bond donors (Lipinski definition) is 2. The SMILES string of the molecule is CCCCCC(C)NC(=O)[C@@H]1CC=CC[C@@H]1C(=O)O. The third kappa shape index (κ3) is 5.05. The summed E-state index contributed by atoms with van der Waals surface area (Å²) in [5.74, 6) is -1.98. The summed E-state index contributed by atoms with van der Waals surface area (Å²) in [5.41, 5.74) is 0. The highest BCUT2D eigenvalue weighted by Crippen LogP contribution is 2.26. The molecule has 0 saturated heterocycles. The maximum absolute atomic E-state index is 12.1. The van der Waals surface area contributed by atoms with Crippen molar-refractivity contribution in [2.24, 2.45) is 11.8 Å². The second kappa shape index (κ2) is 7.97. The molecule has 0 fully saturated rings. The molecule has 0 radical (unpaired) electrons. The standard InChI is InChI=1S/C15H25NO3/c1-3-4-5-8-11(2)16-14(17)12-9-6-7-10-13(12)15(18)19/h6-7,11-13H,3-5,8-10H2,1-2H3,(H,16,17)(H,18,19)/t11?,12-,13+/m1/s1. The third-order valence-corrected chi connectivity index (χ3v) is 3.72. The molecule has 19 heavy (non-hydrogen) atoms. The van der Waals surface area contributed by atoms with E-state index in [0.717, 1.165) is 19.3 Å². The zero-order valence-electron chi connectivity index (χ0n) is 11.9. The Morgan fingerprint density at radius 2 is 1.89 bits per heavy atom. The Hall–Kier alpha value is -1.32. The molecule has 0 aliphatic heterocycles. The van der Waals surface area contributed by atoms with Crippen LogP contribution in [0.15, 0.2) is 12.2 Å². The summed E-state index contributed by atoms with van der Waals surface area (Å²) in [6.07, 6.45) is 9.14. The molecule has 108 valence electrons. The molecule has 0 aromatic carbocycles. The quantitative estimate of drug-likeness (QED) is 0.550. The summed E-state index contributed by atoms with van der Waals surface area (Å²) in [6.45, 7) is 4.14. The van der Waals surface area contributed by atoms with Gasteiger partial charge in [-0.05, 0) is 26.2 Å². The van der Waals surface area contributed by atoms with Gasteiger partial charge in [-0.25, -0.2) is 0 Å². The van der Waals surface area contributed by atoms with Gasteiger partial charge in [-0.2, -0.15) is 0 Å². The van der Waals surface area contributed by atoms with Crippen molar-refractivity contribution < 1.29 is 14.7 Å². The number of hydrogen-bond acceptors (Lipinski definition) is 2. The molecule has 0 bridgehead atoms. The molecule has 4 nitrogen and oxygen atoms in total. The normalized spacial score (nSPS) is 23.9. The van der Waals surface area contributed by atoms with Gasteiger partial charge in [0.1, 0.15) is 0 Å². The molecule has 4 heteroatoms. The van der Waals surface area contributed by atoms with E-state index in [1.807, 2.05) is 19.1 Å². The minimum absolute atomic E-state index is 0.110. The van der Waals surface area contributed by atoms with Crippen molar-refractivity contribution in [1.29, 1.82) is 0 Å². The Labute approximate surface area is 115 Å². The first-order valence-electron chi connectivity index (χ1n) is 7.24. The summed E-state index contributed by atoms with van der Waals surface area (Å²) in [4.78, 5) is 23.3. The fraction of sp³-hybridized carbons (Fsp3) is 0.733. The maximum atomic E-state index is 12.1. The lowest BCUT2D eigenvalue weighted by Gasteiger charge is -2.26. The van der Waals surface area contributed by atoms with E-state index in [9.17, 15) is 9.59 Å². The molecule has 1 aliphatic carbocycles. The molecule has 0 aromatic rings. The van der Waals surface area contributed by atoms with Crippen molar-refractivity contribution >= 4 is 11.9 Å². The maximum Gasteiger partial charge on any atom is 0.307 e. The number of carboxylic acid groups (broad SMARTS) is 1. The number of amides is 1. The van der Waals surface area contributed by atoms with E-state index in [2.05, 4.69) is 12.2 Å². The fourth-order valence-corrected chi connectivity index (χ4v) is 2.50. The molecule has 1 aliphatic rings. The second-order valence-electron chi connectivity index (χ2n) is 5.40. The first-order chi connectivity index (χ1) is 9.06. The minimum atomic E-state index is -0.872. The third-order valence-electron chi connectivity index (χ3n) is 3.72. The Bertz CT molecular complexity index is 338. The number of unbranched alkanes of at least 4 members (excludes halogenated alkanes) is 2. The number of carbonyl (C=O) groups is 2. The van der Waals surface area contributed by atoms with Gasteiger partial charge in [0.15, 0.2) is 0 Å². The van der Waals surface area contributed by atoms with Crippen molar-refractivity contribution in [3.8, 4) is 0 Å². The van der Waals surface area contributed by atoms with Gasteiger partial charge in [-0.1, -0.05) is 38.3 Å². The average molecular weight is 267 g/mol. The second-order valence-corrected chi connectivity index (χ2v) is 5.40. The zero-order valence-corrected chi connectivity index (χ0v) is 11.9. The van der Waals surface area contributed by atoms with Crippen LogP contribution in [0.25, 0.3) is 0 Å². The lowest BCUT2D eigenvalue weighted by molar-refractivity contribution is -0.147. The fourth-order valence-electron chi connectivity index (χ4n) is 2.50. The smallest absolute Gasteiger partial charge is 0.307 e. The van der Waals surface area contributed by atoms with Gasteiger partial charge >= 0.3 is 5.97 Å². The number of allylic oxidation sites excluding steroid dienone is 2. The number of rotatable bonds is 7. The van der Waals surface area contributed by atoms with Gasteiger partial charge in [-0.3, -0.25) is 9.59 Å². The van der Waals surface area contributed by atoms with E-state index in [4.69, 9.17) is 5.11 Å². The van der Waals surface area contributed by atoms with Crippen LogP contribution in [0.2, 0.25) is 0 Å². The monoisotopic (exact) mass is 267 g/mol. The number of carboxylic acids is 1. The van der Waals surface area contributed by atoms with E-state index >= 15 is 0 Å². The van der Waals surface area contributed by atoms with Crippen molar-refractivity contribution in [2.45, 2.75) is 58.4 Å². The van der Waals surface area contributed by atoms with Crippen molar-refractivity contribution in [1.82, 2.24) is 5.32 Å². The van der Waals surface area contributed by atoms with Crippen LogP contribution in [0.1, 0.15) is 52.4 Å². The molecule has 1 rings (SSSR count). The van der Waals surface area contributed by atoms with Gasteiger partial charge in [0, 0.05) is 6.04 Å². The predicted octanol–water partition coefficient (Wildman–Crippen LogP) is 2.74. The lowest BCUT2D eigenvalue weighted by atomic mass is 9.82. The summed E-state index contributed by atoms with van der Waals surface area (Å²) >= 11 is 0. The molecular weight excluding hydrogens is 242 g/mol. The van der Waals surface area contributed by atoms with Crippen molar-refractivity contribution in [3.63, 3.8) is 0 Å². The average Bonchev–Trinajstić information content (AvgIpc) is 2.39. The van der Waals surface area contributed by atoms with E-state index in [1.54, 1.807) is 0 Å². The zero-order chi connectivity index (χ0) is 14.3. The van der Waals surface area contributed by atoms with Crippen LogP contribution >= 0.6 is 0 Å². The topological polar surface area (TPSA) is 66.4 Å². The van der Waals surface area contributed by atoms with Gasteiger partial charge in [0.05, 0.1) is 11.8 Å². The molecular formula is C15H25NO3. The van der Waals surface area contributed by atoms with Crippen molar-refractivity contribution in [3.05, 3.63) is 12.2 Å². The van der Waals surface area contributed by atoms with Crippen LogP contribution in [-0.4, -0.2) is 23.0 Å². The Balaban J connectivity index is 2.47. The molecule has 2 N–H and O–H groups in total. The van der Waals surface area contributed by atoms with Gasteiger partial charge in [0.25, 0.3) is 0 Å². The highest BCUT2D eigenvalue weighted by molar-refractivity contribution is 5.85. The minimum Gasteiger partial charge on any atom is -0.481 e. The first kappa shape index (κ1) is 15.7. The van der Waals surface area contributed by atoms with E-state index in [0.29, 0.717) is 12.8 Å². The predicted molar refractivity (Wildman–Crippen MR) is 74.7 cm³/mol. The van der Waals surface area contributed by atoms with Crippen LogP contribution in [0.4, 0.5) is 0 Å². The molecule has 0 spiro atoms. The van der Waals surface area contributed by atoms with Crippen LogP contribution in [-0.2, 0) is 9.59 Å². The van der Waals surface area contributed by atoms with Gasteiger partial charge in [0.2, 0.25) is 5.91 Å². The Kier molecular flexibility index (Phi) is 6.60. The van der Waals surface area contributed by atoms with Gasteiger partial charge in [-0.15, -0.1) is 0 Å². The van der Waals surface area contributed by atoms with Crippen LogP contribution in [0, 0.1) is 11.8 Å². The molecule has 0 heterocycles. The van der Waals surface area contributed by atoms with Crippen LogP contribution in [0.3, 0.4) is 0 Å². The summed E-state index contributed by atoms with van der Waals surface area (Å²) in [7, 11) is 0. The van der Waals surface area contributed by atoms with E-state index in [-0.39, 0.29) is 11.9 Å². The Morgan fingerprint density at radius 1 is 1.26 bits per heavy atom. The molecule has 3 atom stereocenters. The number of aliphatic carboxylic acids is 1. The highest BCUT2D eigenvalue weighted by atomic mass is 16.4. The summed E-state index contributed by atoms with van der Waals surface area (Å²) in [6, 6.07) is 0.124. The van der Waals surface area contributed by atoms with Gasteiger partial charge < -0.3 is 10.4 Å². The largest absolute Gasteiger partial charge is 0.481 e. The van der Waals surface area contributed by atoms with Crippen molar-refractivity contribution in [2.75, 3.05) is 0 Å². The Morgan fingerprint density at radius 3 is 2.47 bits per heavy atom. The van der Waals surface area contributed by atoms with Crippen LogP contribution in [0.5, 0.6) is 0 Å². The highest BCUT2D eigenvalue weighted by Gasteiger charge is 2.34. The molecule has 0 aromatic heterocycles. The molecule has 0 saturated carbocycles.